The molecule has 0 aliphatic carbocycles. The van der Waals surface area contributed by atoms with Crippen molar-refractivity contribution in [3.8, 4) is 0 Å². The van der Waals surface area contributed by atoms with Crippen molar-refractivity contribution in [2.45, 2.75) is 226 Å². The molecule has 0 aromatic rings. The van der Waals surface area contributed by atoms with Crippen molar-refractivity contribution in [1.82, 2.24) is 0 Å². The molecule has 332 valence electrons. The average molecular weight is 809 g/mol. The summed E-state index contributed by atoms with van der Waals surface area (Å²) in [6.07, 6.45) is 57.6. The summed E-state index contributed by atoms with van der Waals surface area (Å²) in [5.74, 6) is -0.928. The Labute approximate surface area is 357 Å². The van der Waals surface area contributed by atoms with Crippen molar-refractivity contribution in [3.05, 3.63) is 72.9 Å². The molecule has 0 bridgehead atoms. The van der Waals surface area contributed by atoms with E-state index in [1.807, 2.05) is 0 Å². The Kier molecular flexibility index (Phi) is 44.0. The molecule has 1 unspecified atom stereocenters. The minimum absolute atomic E-state index is 0.0865. The van der Waals surface area contributed by atoms with E-state index in [1.54, 1.807) is 0 Å². The van der Waals surface area contributed by atoms with Crippen LogP contribution >= 0.6 is 0 Å². The smallest absolute Gasteiger partial charge is 0.306 e. The molecule has 1 atom stereocenters. The van der Waals surface area contributed by atoms with E-state index in [0.29, 0.717) is 19.3 Å². The summed E-state index contributed by atoms with van der Waals surface area (Å²) in [5.41, 5.74) is 0. The van der Waals surface area contributed by atoms with Gasteiger partial charge in [0, 0.05) is 19.3 Å². The van der Waals surface area contributed by atoms with E-state index in [4.69, 9.17) is 14.2 Å². The summed E-state index contributed by atoms with van der Waals surface area (Å²) in [7, 11) is 0. The highest BCUT2D eigenvalue weighted by molar-refractivity contribution is 5.71. The number of hydrogen-bond donors (Lipinski definition) is 0. The van der Waals surface area contributed by atoms with Crippen molar-refractivity contribution < 1.29 is 28.6 Å². The van der Waals surface area contributed by atoms with Crippen LogP contribution in [0.15, 0.2) is 72.9 Å². The Morgan fingerprint density at radius 3 is 1.09 bits per heavy atom. The zero-order chi connectivity index (χ0) is 42.3. The largest absolute Gasteiger partial charge is 0.462 e. The van der Waals surface area contributed by atoms with Gasteiger partial charge in [0.25, 0.3) is 0 Å². The van der Waals surface area contributed by atoms with E-state index < -0.39 is 6.10 Å². The fourth-order valence-corrected chi connectivity index (χ4v) is 6.34. The fourth-order valence-electron chi connectivity index (χ4n) is 6.34. The molecule has 0 radical (unpaired) electrons. The molecule has 0 amide bonds. The normalized spacial score (nSPS) is 12.7. The summed E-state index contributed by atoms with van der Waals surface area (Å²) >= 11 is 0. The highest BCUT2D eigenvalue weighted by Gasteiger charge is 2.19. The second kappa shape index (κ2) is 46.5. The summed E-state index contributed by atoms with van der Waals surface area (Å²) in [6.45, 7) is 6.40. The van der Waals surface area contributed by atoms with Gasteiger partial charge >= 0.3 is 17.9 Å². The van der Waals surface area contributed by atoms with Gasteiger partial charge in [0.1, 0.15) is 13.2 Å². The Morgan fingerprint density at radius 2 is 0.672 bits per heavy atom. The molecule has 0 saturated heterocycles. The van der Waals surface area contributed by atoms with Crippen molar-refractivity contribution in [1.29, 1.82) is 0 Å². The highest BCUT2D eigenvalue weighted by atomic mass is 16.6. The van der Waals surface area contributed by atoms with Crippen molar-refractivity contribution in [2.24, 2.45) is 0 Å². The average Bonchev–Trinajstić information content (AvgIpc) is 3.22. The van der Waals surface area contributed by atoms with Gasteiger partial charge in [0.2, 0.25) is 0 Å². The molecule has 0 rings (SSSR count). The summed E-state index contributed by atoms with van der Waals surface area (Å²) in [6, 6.07) is 0. The number of carbonyl (C=O) groups excluding carboxylic acids is 3. The Bertz CT molecular complexity index is 1110. The molecule has 6 heteroatoms. The van der Waals surface area contributed by atoms with Gasteiger partial charge in [-0.15, -0.1) is 0 Å². The predicted octanol–water partition coefficient (Wildman–Crippen LogP) is 15.5. The van der Waals surface area contributed by atoms with Gasteiger partial charge in [-0.1, -0.05) is 184 Å². The molecule has 0 aliphatic heterocycles. The molecule has 0 fully saturated rings. The first-order valence-corrected chi connectivity index (χ1v) is 23.9. The van der Waals surface area contributed by atoms with Gasteiger partial charge in [-0.3, -0.25) is 14.4 Å². The van der Waals surface area contributed by atoms with Crippen LogP contribution in [-0.2, 0) is 28.6 Å². The van der Waals surface area contributed by atoms with E-state index in [-0.39, 0.29) is 31.1 Å². The maximum Gasteiger partial charge on any atom is 0.306 e. The summed E-state index contributed by atoms with van der Waals surface area (Å²) in [4.78, 5) is 37.6. The number of unbranched alkanes of at least 4 members (excludes halogenated alkanes) is 19. The quantitative estimate of drug-likeness (QED) is 0.0264. The first-order valence-electron chi connectivity index (χ1n) is 23.9. The van der Waals surface area contributed by atoms with Crippen molar-refractivity contribution in [3.63, 3.8) is 0 Å². The van der Waals surface area contributed by atoms with Crippen LogP contribution in [0.2, 0.25) is 0 Å². The third kappa shape index (κ3) is 44.0. The number of allylic oxidation sites excluding steroid dienone is 12. The van der Waals surface area contributed by atoms with E-state index >= 15 is 0 Å². The van der Waals surface area contributed by atoms with Crippen LogP contribution < -0.4 is 0 Å². The van der Waals surface area contributed by atoms with Crippen LogP contribution in [0.25, 0.3) is 0 Å². The number of hydrogen-bond acceptors (Lipinski definition) is 6. The van der Waals surface area contributed by atoms with Crippen LogP contribution in [0, 0.1) is 0 Å². The molecule has 0 heterocycles. The molecule has 6 nitrogen and oxygen atoms in total. The SMILES string of the molecule is CC/C=C\C/C=C\C/C=C\C/C=C\CCCCCCCCC(=O)OCC(COC(=O)CCCCCCCC)OC(=O)CCCCCCC/C=C\C/C=C\CCCCC. The topological polar surface area (TPSA) is 78.9 Å². The van der Waals surface area contributed by atoms with Crippen LogP contribution in [-0.4, -0.2) is 37.2 Å². The molecular formula is C52H88O6. The number of ether oxygens (including phenoxy) is 3. The van der Waals surface area contributed by atoms with Crippen LogP contribution in [0.1, 0.15) is 220 Å². The molecule has 0 N–H and O–H groups in total. The minimum Gasteiger partial charge on any atom is -0.462 e. The molecule has 0 aromatic heterocycles. The zero-order valence-electron chi connectivity index (χ0n) is 37.8. The Balaban J connectivity index is 4.30. The van der Waals surface area contributed by atoms with E-state index in [1.165, 1.54) is 64.2 Å². The van der Waals surface area contributed by atoms with Gasteiger partial charge in [-0.05, 0) is 89.9 Å². The Hall–Kier alpha value is -3.15. The van der Waals surface area contributed by atoms with Crippen LogP contribution in [0.5, 0.6) is 0 Å². The second-order valence-electron chi connectivity index (χ2n) is 15.6. The monoisotopic (exact) mass is 809 g/mol. The molecule has 0 saturated carbocycles. The van der Waals surface area contributed by atoms with Crippen LogP contribution in [0.3, 0.4) is 0 Å². The lowest BCUT2D eigenvalue weighted by Gasteiger charge is -2.18. The van der Waals surface area contributed by atoms with Gasteiger partial charge in [-0.25, -0.2) is 0 Å². The predicted molar refractivity (Wildman–Crippen MR) is 247 cm³/mol. The minimum atomic E-state index is -0.784. The number of esters is 3. The third-order valence-corrected chi connectivity index (χ3v) is 9.95. The Morgan fingerprint density at radius 1 is 0.362 bits per heavy atom. The van der Waals surface area contributed by atoms with Crippen molar-refractivity contribution >= 4 is 17.9 Å². The first kappa shape index (κ1) is 54.9. The fraction of sp³-hybridized carbons (Fsp3) is 0.712. The summed E-state index contributed by atoms with van der Waals surface area (Å²) in [5, 5.41) is 0. The van der Waals surface area contributed by atoms with Gasteiger partial charge in [-0.2, -0.15) is 0 Å². The van der Waals surface area contributed by atoms with Gasteiger partial charge in [0.15, 0.2) is 6.10 Å². The number of rotatable bonds is 42. The van der Waals surface area contributed by atoms with Crippen LogP contribution in [0.4, 0.5) is 0 Å². The molecular weight excluding hydrogens is 721 g/mol. The standard InChI is InChI=1S/C52H88O6/c1-4-7-10-13-16-18-20-22-24-25-26-27-29-30-32-34-36-39-42-45-51(54)57-48-49(47-56-50(53)44-41-38-15-12-9-6-3)58-52(55)46-43-40-37-35-33-31-28-23-21-19-17-14-11-8-5-2/h7,10,16-19,22-24,26-28,49H,4-6,8-9,11-15,20-21,25,29-48H2,1-3H3/b10-7-,18-16-,19-17-,24-22-,27-26-,28-23-. The molecule has 58 heavy (non-hydrogen) atoms. The maximum atomic E-state index is 12.7. The van der Waals surface area contributed by atoms with E-state index in [0.717, 1.165) is 116 Å². The molecule has 0 spiro atoms. The lowest BCUT2D eigenvalue weighted by atomic mass is 10.1. The number of carbonyl (C=O) groups is 3. The molecule has 0 aromatic carbocycles. The summed E-state index contributed by atoms with van der Waals surface area (Å²) < 4.78 is 16.6. The molecule has 0 aliphatic rings. The maximum absolute atomic E-state index is 12.7. The lowest BCUT2D eigenvalue weighted by Crippen LogP contribution is -2.30. The van der Waals surface area contributed by atoms with Gasteiger partial charge in [0.05, 0.1) is 0 Å². The first-order chi connectivity index (χ1) is 28.5. The second-order valence-corrected chi connectivity index (χ2v) is 15.6. The van der Waals surface area contributed by atoms with Gasteiger partial charge < -0.3 is 14.2 Å². The van der Waals surface area contributed by atoms with E-state index in [9.17, 15) is 14.4 Å². The van der Waals surface area contributed by atoms with Crippen molar-refractivity contribution in [2.75, 3.05) is 13.2 Å². The zero-order valence-corrected chi connectivity index (χ0v) is 37.8. The highest BCUT2D eigenvalue weighted by Crippen LogP contribution is 2.13. The van der Waals surface area contributed by atoms with E-state index in [2.05, 4.69) is 93.7 Å². The lowest BCUT2D eigenvalue weighted by molar-refractivity contribution is -0.167. The third-order valence-electron chi connectivity index (χ3n) is 9.95.